The van der Waals surface area contributed by atoms with Crippen LogP contribution in [-0.4, -0.2) is 4.98 Å². The number of nitrogen functional groups attached to an aromatic ring is 1. The Hall–Kier alpha value is -0.940. The van der Waals surface area contributed by atoms with E-state index in [9.17, 15) is 4.39 Å². The molecule has 2 N–H and O–H groups in total. The lowest BCUT2D eigenvalue weighted by Gasteiger charge is -1.99. The van der Waals surface area contributed by atoms with Crippen LogP contribution in [0.1, 0.15) is 0 Å². The van der Waals surface area contributed by atoms with E-state index >= 15 is 0 Å². The number of thiazole rings is 1. The van der Waals surface area contributed by atoms with E-state index in [0.717, 1.165) is 4.47 Å². The molecule has 14 heavy (non-hydrogen) atoms. The summed E-state index contributed by atoms with van der Waals surface area (Å²) in [5.41, 5.74) is 6.52. The molecule has 2 rings (SSSR count). The van der Waals surface area contributed by atoms with Crippen molar-refractivity contribution in [3.8, 4) is 11.3 Å². The van der Waals surface area contributed by atoms with E-state index in [1.165, 1.54) is 17.4 Å². The summed E-state index contributed by atoms with van der Waals surface area (Å²) in [6.45, 7) is 0. The maximum Gasteiger partial charge on any atom is 0.180 e. The second-order valence-corrected chi connectivity index (χ2v) is 4.50. The first-order valence-electron chi connectivity index (χ1n) is 3.83. The standard InChI is InChI=1S/C9H6BrFN2S/c10-5-1-2-7(11)6(3-5)8-4-14-9(12)13-8/h1-4H,(H2,12,13). The molecule has 0 spiro atoms. The van der Waals surface area contributed by atoms with E-state index in [-0.39, 0.29) is 5.82 Å². The van der Waals surface area contributed by atoms with Gasteiger partial charge in [0.05, 0.1) is 5.69 Å². The Balaban J connectivity index is 2.55. The highest BCUT2D eigenvalue weighted by atomic mass is 79.9. The van der Waals surface area contributed by atoms with Crippen molar-refractivity contribution in [3.05, 3.63) is 33.9 Å². The first-order valence-corrected chi connectivity index (χ1v) is 5.50. The molecule has 0 saturated carbocycles. The van der Waals surface area contributed by atoms with Crippen molar-refractivity contribution in [3.63, 3.8) is 0 Å². The van der Waals surface area contributed by atoms with Crippen LogP contribution in [-0.2, 0) is 0 Å². The Morgan fingerprint density at radius 1 is 1.43 bits per heavy atom. The average Bonchev–Trinajstić information content (AvgIpc) is 2.56. The smallest absolute Gasteiger partial charge is 0.180 e. The third kappa shape index (κ3) is 1.78. The Kier molecular flexibility index (Phi) is 2.52. The van der Waals surface area contributed by atoms with E-state index in [1.807, 2.05) is 0 Å². The van der Waals surface area contributed by atoms with Crippen molar-refractivity contribution in [1.29, 1.82) is 0 Å². The molecule has 0 aliphatic rings. The molecule has 1 heterocycles. The molecule has 0 amide bonds. The van der Waals surface area contributed by atoms with Crippen LogP contribution < -0.4 is 5.73 Å². The molecule has 0 aliphatic carbocycles. The number of hydrogen-bond donors (Lipinski definition) is 1. The maximum atomic E-state index is 13.4. The van der Waals surface area contributed by atoms with Crippen molar-refractivity contribution in [2.75, 3.05) is 5.73 Å². The third-order valence-corrected chi connectivity index (χ3v) is 2.89. The Labute approximate surface area is 92.7 Å². The van der Waals surface area contributed by atoms with E-state index < -0.39 is 0 Å². The number of rotatable bonds is 1. The Morgan fingerprint density at radius 2 is 2.21 bits per heavy atom. The first kappa shape index (κ1) is 9.61. The Bertz CT molecular complexity index is 470. The number of nitrogens with zero attached hydrogens (tertiary/aromatic N) is 1. The van der Waals surface area contributed by atoms with Crippen molar-refractivity contribution >= 4 is 32.4 Å². The predicted molar refractivity (Wildman–Crippen MR) is 59.6 cm³/mol. The summed E-state index contributed by atoms with van der Waals surface area (Å²) in [6.07, 6.45) is 0. The lowest BCUT2D eigenvalue weighted by atomic mass is 10.2. The molecule has 0 saturated heterocycles. The van der Waals surface area contributed by atoms with Gasteiger partial charge in [-0.15, -0.1) is 11.3 Å². The monoisotopic (exact) mass is 272 g/mol. The van der Waals surface area contributed by atoms with Gasteiger partial charge in [0.1, 0.15) is 5.82 Å². The number of anilines is 1. The second-order valence-electron chi connectivity index (χ2n) is 2.70. The fraction of sp³-hybridized carbons (Fsp3) is 0. The lowest BCUT2D eigenvalue weighted by molar-refractivity contribution is 0.630. The molecular weight excluding hydrogens is 267 g/mol. The zero-order valence-electron chi connectivity index (χ0n) is 7.00. The quantitative estimate of drug-likeness (QED) is 0.865. The number of hydrogen-bond acceptors (Lipinski definition) is 3. The second kappa shape index (κ2) is 3.67. The molecule has 72 valence electrons. The highest BCUT2D eigenvalue weighted by Gasteiger charge is 2.08. The zero-order chi connectivity index (χ0) is 10.1. The molecular formula is C9H6BrFN2S. The summed E-state index contributed by atoms with van der Waals surface area (Å²) >= 11 is 4.58. The summed E-state index contributed by atoms with van der Waals surface area (Å²) in [6, 6.07) is 4.73. The average molecular weight is 273 g/mol. The van der Waals surface area contributed by atoms with Crippen molar-refractivity contribution in [2.24, 2.45) is 0 Å². The van der Waals surface area contributed by atoms with Gasteiger partial charge in [-0.3, -0.25) is 0 Å². The fourth-order valence-corrected chi connectivity index (χ4v) is 2.03. The van der Waals surface area contributed by atoms with Gasteiger partial charge in [0, 0.05) is 15.4 Å². The third-order valence-electron chi connectivity index (χ3n) is 1.73. The molecule has 5 heteroatoms. The summed E-state index contributed by atoms with van der Waals surface area (Å²) in [5, 5.41) is 2.18. The molecule has 1 aromatic carbocycles. The van der Waals surface area contributed by atoms with Gasteiger partial charge in [-0.1, -0.05) is 15.9 Å². The van der Waals surface area contributed by atoms with E-state index in [2.05, 4.69) is 20.9 Å². The van der Waals surface area contributed by atoms with Crippen molar-refractivity contribution in [2.45, 2.75) is 0 Å². The van der Waals surface area contributed by atoms with Crippen LogP contribution in [0.3, 0.4) is 0 Å². The highest BCUT2D eigenvalue weighted by Crippen LogP contribution is 2.27. The van der Waals surface area contributed by atoms with Gasteiger partial charge in [-0.2, -0.15) is 0 Å². The van der Waals surface area contributed by atoms with Crippen LogP contribution in [0.25, 0.3) is 11.3 Å². The van der Waals surface area contributed by atoms with Gasteiger partial charge < -0.3 is 5.73 Å². The molecule has 0 atom stereocenters. The molecule has 0 fully saturated rings. The van der Waals surface area contributed by atoms with Gasteiger partial charge in [0.2, 0.25) is 0 Å². The molecule has 0 aliphatic heterocycles. The molecule has 2 aromatic rings. The van der Waals surface area contributed by atoms with E-state index in [0.29, 0.717) is 16.4 Å². The van der Waals surface area contributed by atoms with Gasteiger partial charge in [0.15, 0.2) is 5.13 Å². The van der Waals surface area contributed by atoms with E-state index in [4.69, 9.17) is 5.73 Å². The minimum Gasteiger partial charge on any atom is -0.375 e. The van der Waals surface area contributed by atoms with Crippen molar-refractivity contribution < 1.29 is 4.39 Å². The van der Waals surface area contributed by atoms with Crippen LogP contribution in [0.4, 0.5) is 9.52 Å². The van der Waals surface area contributed by atoms with Crippen LogP contribution in [0.5, 0.6) is 0 Å². The lowest BCUT2D eigenvalue weighted by Crippen LogP contribution is -1.86. The fourth-order valence-electron chi connectivity index (χ4n) is 1.11. The highest BCUT2D eigenvalue weighted by molar-refractivity contribution is 9.10. The van der Waals surface area contributed by atoms with Gasteiger partial charge in [-0.05, 0) is 18.2 Å². The summed E-state index contributed by atoms with van der Waals surface area (Å²) in [7, 11) is 0. The molecule has 0 bridgehead atoms. The molecule has 1 aromatic heterocycles. The van der Waals surface area contributed by atoms with Crippen LogP contribution in [0, 0.1) is 5.82 Å². The molecule has 0 unspecified atom stereocenters. The Morgan fingerprint density at radius 3 is 2.86 bits per heavy atom. The molecule has 2 nitrogen and oxygen atoms in total. The number of nitrogens with two attached hydrogens (primary N) is 1. The normalized spacial score (nSPS) is 10.4. The first-order chi connectivity index (χ1) is 6.66. The molecule has 0 radical (unpaired) electrons. The van der Waals surface area contributed by atoms with E-state index in [1.54, 1.807) is 17.5 Å². The van der Waals surface area contributed by atoms with Gasteiger partial charge >= 0.3 is 0 Å². The predicted octanol–water partition coefficient (Wildman–Crippen LogP) is 3.29. The minimum absolute atomic E-state index is 0.293. The summed E-state index contributed by atoms with van der Waals surface area (Å²) < 4.78 is 14.2. The number of halogens is 2. The van der Waals surface area contributed by atoms with Gasteiger partial charge in [-0.25, -0.2) is 9.37 Å². The maximum absolute atomic E-state index is 13.4. The van der Waals surface area contributed by atoms with Crippen molar-refractivity contribution in [1.82, 2.24) is 4.98 Å². The van der Waals surface area contributed by atoms with Crippen LogP contribution in [0.2, 0.25) is 0 Å². The zero-order valence-corrected chi connectivity index (χ0v) is 9.40. The number of benzene rings is 1. The minimum atomic E-state index is -0.293. The SMILES string of the molecule is Nc1nc(-c2cc(Br)ccc2F)cs1. The van der Waals surface area contributed by atoms with Crippen LogP contribution in [0.15, 0.2) is 28.1 Å². The summed E-state index contributed by atoms with van der Waals surface area (Å²) in [4.78, 5) is 4.02. The number of aromatic nitrogens is 1. The topological polar surface area (TPSA) is 38.9 Å². The van der Waals surface area contributed by atoms with Crippen LogP contribution >= 0.6 is 27.3 Å². The summed E-state index contributed by atoms with van der Waals surface area (Å²) in [5.74, 6) is -0.293. The largest absolute Gasteiger partial charge is 0.375 e. The van der Waals surface area contributed by atoms with Gasteiger partial charge in [0.25, 0.3) is 0 Å².